The average molecular weight is 329 g/mol. The molecule has 0 aromatic heterocycles. The van der Waals surface area contributed by atoms with Gasteiger partial charge in [0.2, 0.25) is 10.0 Å². The highest BCUT2D eigenvalue weighted by atomic mass is 32.2. The fourth-order valence-corrected chi connectivity index (χ4v) is 5.87. The van der Waals surface area contributed by atoms with Crippen LogP contribution in [0.1, 0.15) is 26.7 Å². The lowest BCUT2D eigenvalue weighted by molar-refractivity contribution is 0.316. The fourth-order valence-electron chi connectivity index (χ4n) is 2.72. The summed E-state index contributed by atoms with van der Waals surface area (Å²) in [7, 11) is -3.14. The quantitative estimate of drug-likeness (QED) is 0.644. The van der Waals surface area contributed by atoms with Gasteiger partial charge in [-0.2, -0.15) is 4.31 Å². The van der Waals surface area contributed by atoms with Gasteiger partial charge < -0.3 is 5.73 Å². The van der Waals surface area contributed by atoms with E-state index in [0.717, 1.165) is 23.4 Å². The first-order valence-electron chi connectivity index (χ1n) is 7.38. The largest absolute Gasteiger partial charge is 0.399 e. The van der Waals surface area contributed by atoms with Gasteiger partial charge in [0.15, 0.2) is 0 Å². The summed E-state index contributed by atoms with van der Waals surface area (Å²) in [5.41, 5.74) is 6.36. The van der Waals surface area contributed by atoms with Crippen molar-refractivity contribution in [1.29, 1.82) is 0 Å². The molecule has 1 unspecified atom stereocenters. The molecule has 118 valence electrons. The molecule has 1 heterocycles. The lowest BCUT2D eigenvalue weighted by atomic mass is 10.0. The van der Waals surface area contributed by atoms with Crippen molar-refractivity contribution in [3.8, 4) is 0 Å². The maximum atomic E-state index is 12.5. The molecule has 1 fully saturated rings. The number of anilines is 1. The van der Waals surface area contributed by atoms with E-state index in [1.807, 2.05) is 24.3 Å². The lowest BCUT2D eigenvalue weighted by Crippen LogP contribution is -2.40. The molecule has 0 spiro atoms. The predicted octanol–water partition coefficient (Wildman–Crippen LogP) is 2.81. The van der Waals surface area contributed by atoms with Crippen LogP contribution in [0.4, 0.5) is 5.69 Å². The zero-order chi connectivity index (χ0) is 15.5. The second-order valence-electron chi connectivity index (χ2n) is 5.80. The summed E-state index contributed by atoms with van der Waals surface area (Å²) < 4.78 is 26.7. The number of thioether (sulfide) groups is 1. The van der Waals surface area contributed by atoms with Crippen LogP contribution in [0.5, 0.6) is 0 Å². The van der Waals surface area contributed by atoms with E-state index in [2.05, 4.69) is 13.8 Å². The van der Waals surface area contributed by atoms with Crippen molar-refractivity contribution in [2.75, 3.05) is 23.8 Å². The first kappa shape index (κ1) is 16.6. The van der Waals surface area contributed by atoms with Crippen molar-refractivity contribution in [3.05, 3.63) is 24.3 Å². The molecule has 0 aliphatic carbocycles. The van der Waals surface area contributed by atoms with Crippen molar-refractivity contribution in [2.45, 2.75) is 37.6 Å². The molecule has 6 heteroatoms. The number of hydrogen-bond acceptors (Lipinski definition) is 4. The van der Waals surface area contributed by atoms with E-state index in [9.17, 15) is 8.42 Å². The molecule has 21 heavy (non-hydrogen) atoms. The normalized spacial score (nSPS) is 20.2. The van der Waals surface area contributed by atoms with Crippen LogP contribution in [0.25, 0.3) is 0 Å². The molecule has 0 amide bonds. The Morgan fingerprint density at radius 2 is 2.00 bits per heavy atom. The number of hydrogen-bond donors (Lipinski definition) is 1. The van der Waals surface area contributed by atoms with Gasteiger partial charge in [0.05, 0.1) is 5.75 Å². The van der Waals surface area contributed by atoms with E-state index in [0.29, 0.717) is 18.2 Å². The Morgan fingerprint density at radius 3 is 2.62 bits per heavy atom. The van der Waals surface area contributed by atoms with Crippen molar-refractivity contribution < 1.29 is 8.42 Å². The van der Waals surface area contributed by atoms with Gasteiger partial charge in [0.25, 0.3) is 0 Å². The number of nitrogens with two attached hydrogens (primary N) is 1. The minimum absolute atomic E-state index is 0.177. The van der Waals surface area contributed by atoms with E-state index < -0.39 is 10.0 Å². The highest BCUT2D eigenvalue weighted by Crippen LogP contribution is 2.28. The minimum atomic E-state index is -3.14. The van der Waals surface area contributed by atoms with E-state index in [4.69, 9.17) is 5.73 Å². The number of benzene rings is 1. The zero-order valence-electron chi connectivity index (χ0n) is 12.7. The Balaban J connectivity index is 1.90. The van der Waals surface area contributed by atoms with Crippen molar-refractivity contribution in [2.24, 2.45) is 5.92 Å². The molecule has 1 saturated heterocycles. The molecule has 1 aliphatic heterocycles. The molecule has 2 N–H and O–H groups in total. The standard InChI is InChI=1S/C15H24N2O2S2/c1-12(2)15-4-3-9-17(15)21(18,19)11-10-20-14-7-5-13(16)6-8-14/h5-8,12,15H,3-4,9-11,16H2,1-2H3. The fraction of sp³-hybridized carbons (Fsp3) is 0.600. The molecule has 1 aromatic carbocycles. The highest BCUT2D eigenvalue weighted by Gasteiger charge is 2.35. The van der Waals surface area contributed by atoms with Crippen LogP contribution in [0.2, 0.25) is 0 Å². The SMILES string of the molecule is CC(C)C1CCCN1S(=O)(=O)CCSc1ccc(N)cc1. The van der Waals surface area contributed by atoms with Gasteiger partial charge in [0.1, 0.15) is 0 Å². The maximum absolute atomic E-state index is 12.5. The van der Waals surface area contributed by atoms with Crippen molar-refractivity contribution in [3.63, 3.8) is 0 Å². The summed E-state index contributed by atoms with van der Waals surface area (Å²) in [4.78, 5) is 1.06. The molecule has 0 saturated carbocycles. The molecular formula is C15H24N2O2S2. The van der Waals surface area contributed by atoms with E-state index in [1.165, 1.54) is 0 Å². The van der Waals surface area contributed by atoms with Gasteiger partial charge in [-0.15, -0.1) is 11.8 Å². The molecule has 2 rings (SSSR count). The van der Waals surface area contributed by atoms with E-state index in [1.54, 1.807) is 16.1 Å². The molecular weight excluding hydrogens is 304 g/mol. The van der Waals surface area contributed by atoms with Crippen LogP contribution in [-0.4, -0.2) is 36.8 Å². The first-order valence-corrected chi connectivity index (χ1v) is 9.97. The summed E-state index contributed by atoms with van der Waals surface area (Å²) >= 11 is 1.56. The molecule has 4 nitrogen and oxygen atoms in total. The second-order valence-corrected chi connectivity index (χ2v) is 9.01. The number of sulfonamides is 1. The summed E-state index contributed by atoms with van der Waals surface area (Å²) in [5.74, 6) is 1.16. The molecule has 1 aromatic rings. The van der Waals surface area contributed by atoms with Crippen LogP contribution in [0.15, 0.2) is 29.2 Å². The predicted molar refractivity (Wildman–Crippen MR) is 89.9 cm³/mol. The van der Waals surface area contributed by atoms with Gasteiger partial charge in [-0.25, -0.2) is 8.42 Å². The smallest absolute Gasteiger partial charge is 0.215 e. The molecule has 0 radical (unpaired) electrons. The second kappa shape index (κ2) is 7.03. The van der Waals surface area contributed by atoms with Gasteiger partial charge in [-0.1, -0.05) is 13.8 Å². The zero-order valence-corrected chi connectivity index (χ0v) is 14.3. The summed E-state index contributed by atoms with van der Waals surface area (Å²) in [6, 6.07) is 7.72. The van der Waals surface area contributed by atoms with Gasteiger partial charge in [-0.05, 0) is 43.0 Å². The van der Waals surface area contributed by atoms with E-state index >= 15 is 0 Å². The van der Waals surface area contributed by atoms with Crippen molar-refractivity contribution in [1.82, 2.24) is 4.31 Å². The van der Waals surface area contributed by atoms with Crippen LogP contribution in [-0.2, 0) is 10.0 Å². The van der Waals surface area contributed by atoms with Crippen LogP contribution in [0.3, 0.4) is 0 Å². The molecule has 0 bridgehead atoms. The third kappa shape index (κ3) is 4.37. The number of nitrogens with zero attached hydrogens (tertiary/aromatic N) is 1. The Kier molecular flexibility index (Phi) is 5.57. The van der Waals surface area contributed by atoms with Crippen LogP contribution in [0, 0.1) is 5.92 Å². The van der Waals surface area contributed by atoms with Gasteiger partial charge in [0, 0.05) is 28.9 Å². The highest BCUT2D eigenvalue weighted by molar-refractivity contribution is 8.00. The minimum Gasteiger partial charge on any atom is -0.399 e. The van der Waals surface area contributed by atoms with Crippen LogP contribution >= 0.6 is 11.8 Å². The van der Waals surface area contributed by atoms with Crippen LogP contribution < -0.4 is 5.73 Å². The van der Waals surface area contributed by atoms with E-state index in [-0.39, 0.29) is 11.8 Å². The van der Waals surface area contributed by atoms with Gasteiger partial charge >= 0.3 is 0 Å². The lowest BCUT2D eigenvalue weighted by Gasteiger charge is -2.26. The topological polar surface area (TPSA) is 63.4 Å². The Labute approximate surface area is 132 Å². The first-order chi connectivity index (χ1) is 9.90. The Morgan fingerprint density at radius 1 is 1.33 bits per heavy atom. The Hall–Kier alpha value is -0.720. The number of nitrogen functional groups attached to an aromatic ring is 1. The summed E-state index contributed by atoms with van der Waals surface area (Å²) in [6.45, 7) is 4.88. The number of rotatable bonds is 6. The van der Waals surface area contributed by atoms with Crippen molar-refractivity contribution >= 4 is 27.5 Å². The summed E-state index contributed by atoms with van der Waals surface area (Å²) in [6.07, 6.45) is 1.97. The Bertz CT molecular complexity index is 556. The molecule has 1 atom stereocenters. The molecule has 1 aliphatic rings. The van der Waals surface area contributed by atoms with Gasteiger partial charge in [-0.3, -0.25) is 0 Å². The monoisotopic (exact) mass is 328 g/mol. The third-order valence-corrected chi connectivity index (χ3v) is 7.03. The summed E-state index contributed by atoms with van der Waals surface area (Å²) in [5, 5.41) is 0. The third-order valence-electron chi connectivity index (χ3n) is 3.87. The average Bonchev–Trinajstić information content (AvgIpc) is 2.91. The maximum Gasteiger partial charge on any atom is 0.215 e.